The number of nitrogens with zero attached hydrogens (tertiary/aromatic N) is 1. The van der Waals surface area contributed by atoms with Crippen LogP contribution in [0.25, 0.3) is 11.3 Å². The molecule has 2 nitrogen and oxygen atoms in total. The minimum atomic E-state index is 0.217. The lowest BCUT2D eigenvalue weighted by atomic mass is 10.1. The van der Waals surface area contributed by atoms with Crippen molar-refractivity contribution in [3.8, 4) is 17.0 Å². The van der Waals surface area contributed by atoms with Gasteiger partial charge in [0.25, 0.3) is 0 Å². The Morgan fingerprint density at radius 2 is 1.87 bits per heavy atom. The van der Waals surface area contributed by atoms with Crippen molar-refractivity contribution in [1.82, 2.24) is 4.98 Å². The van der Waals surface area contributed by atoms with Gasteiger partial charge in [0.05, 0.1) is 0 Å². The second kappa shape index (κ2) is 4.36. The SMILES string of the molecule is CSc1ccc(-c2ncccc2O)cc1. The molecule has 0 saturated heterocycles. The Morgan fingerprint density at radius 3 is 2.47 bits per heavy atom. The second-order valence-corrected chi connectivity index (χ2v) is 3.98. The lowest BCUT2D eigenvalue weighted by Crippen LogP contribution is -1.83. The quantitative estimate of drug-likeness (QED) is 0.784. The highest BCUT2D eigenvalue weighted by Gasteiger charge is 2.03. The molecule has 0 aliphatic heterocycles. The first-order chi connectivity index (χ1) is 7.31. The number of aromatic nitrogens is 1. The summed E-state index contributed by atoms with van der Waals surface area (Å²) in [5.41, 5.74) is 1.57. The number of thioether (sulfide) groups is 1. The van der Waals surface area contributed by atoms with Gasteiger partial charge in [0.15, 0.2) is 0 Å². The number of aromatic hydroxyl groups is 1. The number of hydrogen-bond donors (Lipinski definition) is 1. The Kier molecular flexibility index (Phi) is 2.92. The summed E-state index contributed by atoms with van der Waals surface area (Å²) in [6.45, 7) is 0. The molecule has 0 atom stereocenters. The van der Waals surface area contributed by atoms with Crippen molar-refractivity contribution < 1.29 is 5.11 Å². The van der Waals surface area contributed by atoms with Crippen molar-refractivity contribution in [2.45, 2.75) is 4.90 Å². The van der Waals surface area contributed by atoms with E-state index in [0.29, 0.717) is 5.69 Å². The lowest BCUT2D eigenvalue weighted by molar-refractivity contribution is 0.475. The zero-order valence-corrected chi connectivity index (χ0v) is 9.16. The minimum absolute atomic E-state index is 0.217. The molecule has 1 aromatic heterocycles. The fraction of sp³-hybridized carbons (Fsp3) is 0.0833. The Hall–Kier alpha value is -1.48. The van der Waals surface area contributed by atoms with Crippen LogP contribution in [0.15, 0.2) is 47.5 Å². The number of hydrogen-bond acceptors (Lipinski definition) is 3. The average molecular weight is 217 g/mol. The van der Waals surface area contributed by atoms with Crippen LogP contribution in [0.2, 0.25) is 0 Å². The zero-order chi connectivity index (χ0) is 10.7. The van der Waals surface area contributed by atoms with Crippen LogP contribution < -0.4 is 0 Å². The average Bonchev–Trinajstić information content (AvgIpc) is 2.30. The van der Waals surface area contributed by atoms with Crippen LogP contribution in [-0.2, 0) is 0 Å². The highest BCUT2D eigenvalue weighted by Crippen LogP contribution is 2.27. The van der Waals surface area contributed by atoms with Gasteiger partial charge in [-0.2, -0.15) is 0 Å². The van der Waals surface area contributed by atoms with E-state index in [4.69, 9.17) is 0 Å². The Balaban J connectivity index is 2.42. The smallest absolute Gasteiger partial charge is 0.141 e. The van der Waals surface area contributed by atoms with Crippen LogP contribution in [0.1, 0.15) is 0 Å². The molecule has 1 N–H and O–H groups in total. The van der Waals surface area contributed by atoms with E-state index in [2.05, 4.69) is 4.98 Å². The molecule has 0 saturated carbocycles. The molecule has 0 aliphatic carbocycles. The van der Waals surface area contributed by atoms with Gasteiger partial charge in [0.1, 0.15) is 11.4 Å². The summed E-state index contributed by atoms with van der Waals surface area (Å²) in [6.07, 6.45) is 3.71. The second-order valence-electron chi connectivity index (χ2n) is 3.10. The first-order valence-corrected chi connectivity index (χ1v) is 5.82. The lowest BCUT2D eigenvalue weighted by Gasteiger charge is -2.03. The van der Waals surface area contributed by atoms with Gasteiger partial charge >= 0.3 is 0 Å². The Bertz CT molecular complexity index is 453. The van der Waals surface area contributed by atoms with E-state index in [9.17, 15) is 5.11 Å². The van der Waals surface area contributed by atoms with Crippen molar-refractivity contribution in [2.24, 2.45) is 0 Å². The molecule has 15 heavy (non-hydrogen) atoms. The standard InChI is InChI=1S/C12H11NOS/c1-15-10-6-4-9(5-7-10)12-11(14)3-2-8-13-12/h2-8,14H,1H3. The van der Waals surface area contributed by atoms with E-state index in [0.717, 1.165) is 5.56 Å². The van der Waals surface area contributed by atoms with E-state index in [1.807, 2.05) is 30.5 Å². The fourth-order valence-corrected chi connectivity index (χ4v) is 1.78. The van der Waals surface area contributed by atoms with E-state index in [1.165, 1.54) is 4.90 Å². The van der Waals surface area contributed by atoms with Gasteiger partial charge in [-0.1, -0.05) is 12.1 Å². The molecule has 0 bridgehead atoms. The molecular formula is C12H11NOS. The van der Waals surface area contributed by atoms with Gasteiger partial charge in [-0.05, 0) is 30.5 Å². The van der Waals surface area contributed by atoms with Gasteiger partial charge in [-0.25, -0.2) is 0 Å². The number of rotatable bonds is 2. The Morgan fingerprint density at radius 1 is 1.13 bits per heavy atom. The third kappa shape index (κ3) is 2.13. The van der Waals surface area contributed by atoms with E-state index >= 15 is 0 Å². The molecule has 1 aromatic carbocycles. The molecule has 0 aliphatic rings. The summed E-state index contributed by atoms with van der Waals surface area (Å²) >= 11 is 1.69. The highest BCUT2D eigenvalue weighted by molar-refractivity contribution is 7.98. The van der Waals surface area contributed by atoms with Crippen LogP contribution >= 0.6 is 11.8 Å². The van der Waals surface area contributed by atoms with Crippen LogP contribution in [-0.4, -0.2) is 16.3 Å². The van der Waals surface area contributed by atoms with Crippen molar-refractivity contribution in [3.05, 3.63) is 42.6 Å². The molecule has 0 radical (unpaired) electrons. The molecule has 1 heterocycles. The number of benzene rings is 1. The molecule has 76 valence electrons. The predicted molar refractivity (Wildman–Crippen MR) is 63.1 cm³/mol. The molecule has 2 rings (SSSR count). The van der Waals surface area contributed by atoms with E-state index in [-0.39, 0.29) is 5.75 Å². The van der Waals surface area contributed by atoms with E-state index < -0.39 is 0 Å². The van der Waals surface area contributed by atoms with Crippen molar-refractivity contribution in [3.63, 3.8) is 0 Å². The molecule has 3 heteroatoms. The van der Waals surface area contributed by atoms with Gasteiger partial charge in [0, 0.05) is 16.7 Å². The molecule has 0 unspecified atom stereocenters. The summed E-state index contributed by atoms with van der Waals surface area (Å²) in [4.78, 5) is 5.35. The third-order valence-corrected chi connectivity index (χ3v) is 2.89. The molecule has 0 spiro atoms. The first kappa shape index (κ1) is 10.1. The molecular weight excluding hydrogens is 206 g/mol. The fourth-order valence-electron chi connectivity index (χ4n) is 1.37. The summed E-state index contributed by atoms with van der Waals surface area (Å²) in [5, 5.41) is 9.62. The zero-order valence-electron chi connectivity index (χ0n) is 8.34. The van der Waals surface area contributed by atoms with Crippen molar-refractivity contribution >= 4 is 11.8 Å². The van der Waals surface area contributed by atoms with Crippen LogP contribution in [0.3, 0.4) is 0 Å². The van der Waals surface area contributed by atoms with Gasteiger partial charge in [0.2, 0.25) is 0 Å². The minimum Gasteiger partial charge on any atom is -0.506 e. The first-order valence-electron chi connectivity index (χ1n) is 4.59. The van der Waals surface area contributed by atoms with Gasteiger partial charge in [-0.3, -0.25) is 4.98 Å². The monoisotopic (exact) mass is 217 g/mol. The van der Waals surface area contributed by atoms with Gasteiger partial charge < -0.3 is 5.11 Å². The maximum atomic E-state index is 9.62. The normalized spacial score (nSPS) is 10.2. The van der Waals surface area contributed by atoms with Crippen LogP contribution in [0, 0.1) is 0 Å². The maximum Gasteiger partial charge on any atom is 0.141 e. The molecule has 2 aromatic rings. The van der Waals surface area contributed by atoms with Gasteiger partial charge in [-0.15, -0.1) is 11.8 Å². The predicted octanol–water partition coefficient (Wildman–Crippen LogP) is 3.18. The summed E-state index contributed by atoms with van der Waals surface area (Å²) in [5.74, 6) is 0.217. The van der Waals surface area contributed by atoms with Crippen molar-refractivity contribution in [2.75, 3.05) is 6.26 Å². The third-order valence-electron chi connectivity index (χ3n) is 2.15. The van der Waals surface area contributed by atoms with E-state index in [1.54, 1.807) is 30.1 Å². The molecule has 0 amide bonds. The summed E-state index contributed by atoms with van der Waals surface area (Å²) in [6, 6.07) is 11.3. The Labute approximate surface area is 93.0 Å². The van der Waals surface area contributed by atoms with Crippen LogP contribution in [0.5, 0.6) is 5.75 Å². The topological polar surface area (TPSA) is 33.1 Å². The largest absolute Gasteiger partial charge is 0.506 e. The number of pyridine rings is 1. The summed E-state index contributed by atoms with van der Waals surface area (Å²) < 4.78 is 0. The highest BCUT2D eigenvalue weighted by atomic mass is 32.2. The molecule has 0 fully saturated rings. The maximum absolute atomic E-state index is 9.62. The summed E-state index contributed by atoms with van der Waals surface area (Å²) in [7, 11) is 0. The van der Waals surface area contributed by atoms with Crippen molar-refractivity contribution in [1.29, 1.82) is 0 Å². The van der Waals surface area contributed by atoms with Crippen LogP contribution in [0.4, 0.5) is 0 Å².